The van der Waals surface area contributed by atoms with Crippen LogP contribution in [0, 0.1) is 11.3 Å². The van der Waals surface area contributed by atoms with Crippen LogP contribution in [0.4, 0.5) is 0 Å². The zero-order chi connectivity index (χ0) is 14.2. The Morgan fingerprint density at radius 2 is 2.11 bits per heavy atom. The van der Waals surface area contributed by atoms with Crippen LogP contribution in [0.25, 0.3) is 0 Å². The predicted octanol–water partition coefficient (Wildman–Crippen LogP) is 1.66. The van der Waals surface area contributed by atoms with Gasteiger partial charge in [-0.15, -0.1) is 6.58 Å². The molecular weight excluding hydrogens is 228 g/mol. The normalized spacial score (nSPS) is 13.2. The molecule has 0 aromatic carbocycles. The topological polar surface area (TPSA) is 55.6 Å². The maximum absolute atomic E-state index is 12.4. The van der Waals surface area contributed by atoms with E-state index in [9.17, 15) is 4.79 Å². The van der Waals surface area contributed by atoms with Crippen LogP contribution in [0.3, 0.4) is 0 Å². The van der Waals surface area contributed by atoms with Gasteiger partial charge in [0.05, 0.1) is 12.5 Å². The van der Waals surface area contributed by atoms with Crippen molar-refractivity contribution < 1.29 is 9.53 Å². The molecule has 0 aliphatic heterocycles. The number of methoxy groups -OCH3 is 1. The average Bonchev–Trinajstić information content (AvgIpc) is 2.29. The molecule has 0 aromatic rings. The van der Waals surface area contributed by atoms with Gasteiger partial charge < -0.3 is 15.4 Å². The summed E-state index contributed by atoms with van der Waals surface area (Å²) in [5.41, 5.74) is 5.84. The molecule has 1 amide bonds. The van der Waals surface area contributed by atoms with E-state index in [-0.39, 0.29) is 17.2 Å². The van der Waals surface area contributed by atoms with Crippen LogP contribution in [-0.4, -0.2) is 44.2 Å². The number of hydrogen-bond acceptors (Lipinski definition) is 3. The summed E-state index contributed by atoms with van der Waals surface area (Å²) in [5.74, 6) is -0.0221. The Kier molecular flexibility index (Phi) is 7.87. The molecule has 0 aliphatic rings. The number of amides is 1. The molecule has 1 unspecified atom stereocenters. The van der Waals surface area contributed by atoms with Gasteiger partial charge in [0.1, 0.15) is 0 Å². The van der Waals surface area contributed by atoms with E-state index in [2.05, 4.69) is 27.4 Å². The Morgan fingerprint density at radius 1 is 1.50 bits per heavy atom. The summed E-state index contributed by atoms with van der Waals surface area (Å²) in [7, 11) is 1.63. The van der Waals surface area contributed by atoms with Crippen molar-refractivity contribution in [1.82, 2.24) is 4.90 Å². The number of nitrogens with two attached hydrogens (primary N) is 1. The summed E-state index contributed by atoms with van der Waals surface area (Å²) in [6, 6.07) is 0. The van der Waals surface area contributed by atoms with Gasteiger partial charge in [0.15, 0.2) is 0 Å². The fraction of sp³-hybridized carbons (Fsp3) is 0.786. The van der Waals surface area contributed by atoms with Crippen LogP contribution in [0.15, 0.2) is 12.7 Å². The Morgan fingerprint density at radius 3 is 2.50 bits per heavy atom. The van der Waals surface area contributed by atoms with Crippen molar-refractivity contribution in [2.24, 2.45) is 17.1 Å². The molecule has 18 heavy (non-hydrogen) atoms. The quantitative estimate of drug-likeness (QED) is 0.672. The van der Waals surface area contributed by atoms with Gasteiger partial charge in [-0.2, -0.15) is 0 Å². The van der Waals surface area contributed by atoms with Gasteiger partial charge in [0.25, 0.3) is 0 Å². The van der Waals surface area contributed by atoms with Gasteiger partial charge in [0, 0.05) is 26.7 Å². The SMILES string of the molecule is C=CCN(CCOC)C(=O)C(CN)CC(C)(C)C. The number of carbonyl (C=O) groups is 1. The van der Waals surface area contributed by atoms with Crippen molar-refractivity contribution in [1.29, 1.82) is 0 Å². The average molecular weight is 256 g/mol. The first-order valence-corrected chi connectivity index (χ1v) is 6.44. The third-order valence-electron chi connectivity index (χ3n) is 2.72. The number of carbonyl (C=O) groups excluding carboxylic acids is 1. The molecule has 0 fully saturated rings. The van der Waals surface area contributed by atoms with Crippen LogP contribution in [0.2, 0.25) is 0 Å². The molecule has 0 radical (unpaired) electrons. The Balaban J connectivity index is 4.63. The van der Waals surface area contributed by atoms with Gasteiger partial charge in [-0.1, -0.05) is 26.8 Å². The van der Waals surface area contributed by atoms with Crippen molar-refractivity contribution in [3.8, 4) is 0 Å². The molecule has 0 saturated heterocycles. The smallest absolute Gasteiger partial charge is 0.227 e. The molecule has 0 rings (SSSR count). The highest BCUT2D eigenvalue weighted by molar-refractivity contribution is 5.79. The van der Waals surface area contributed by atoms with Crippen molar-refractivity contribution in [3.05, 3.63) is 12.7 Å². The van der Waals surface area contributed by atoms with E-state index in [4.69, 9.17) is 10.5 Å². The van der Waals surface area contributed by atoms with E-state index in [1.54, 1.807) is 18.1 Å². The second kappa shape index (κ2) is 8.27. The summed E-state index contributed by atoms with van der Waals surface area (Å²) in [4.78, 5) is 14.2. The van der Waals surface area contributed by atoms with Crippen LogP contribution in [0.5, 0.6) is 0 Å². The van der Waals surface area contributed by atoms with Crippen molar-refractivity contribution in [2.75, 3.05) is 33.4 Å². The zero-order valence-electron chi connectivity index (χ0n) is 12.2. The van der Waals surface area contributed by atoms with E-state index in [1.807, 2.05) is 0 Å². The summed E-state index contributed by atoms with van der Waals surface area (Å²) in [6.07, 6.45) is 2.53. The number of hydrogen-bond donors (Lipinski definition) is 1. The lowest BCUT2D eigenvalue weighted by Gasteiger charge is -2.29. The lowest BCUT2D eigenvalue weighted by molar-refractivity contribution is -0.136. The molecule has 0 spiro atoms. The van der Waals surface area contributed by atoms with Crippen LogP contribution < -0.4 is 5.73 Å². The Bertz CT molecular complexity index is 259. The molecule has 0 aliphatic carbocycles. The van der Waals surface area contributed by atoms with E-state index >= 15 is 0 Å². The second-order valence-corrected chi connectivity index (χ2v) is 5.76. The lowest BCUT2D eigenvalue weighted by atomic mass is 9.84. The fourth-order valence-corrected chi connectivity index (χ4v) is 1.92. The summed E-state index contributed by atoms with van der Waals surface area (Å²) in [5, 5.41) is 0. The highest BCUT2D eigenvalue weighted by Gasteiger charge is 2.26. The molecular formula is C14H28N2O2. The minimum absolute atomic E-state index is 0.0980. The monoisotopic (exact) mass is 256 g/mol. The van der Waals surface area contributed by atoms with E-state index < -0.39 is 0 Å². The first-order chi connectivity index (χ1) is 8.35. The predicted molar refractivity (Wildman–Crippen MR) is 75.3 cm³/mol. The molecule has 0 aromatic heterocycles. The Hall–Kier alpha value is -0.870. The first-order valence-electron chi connectivity index (χ1n) is 6.44. The van der Waals surface area contributed by atoms with E-state index in [1.165, 1.54) is 0 Å². The molecule has 0 heterocycles. The number of rotatable bonds is 8. The summed E-state index contributed by atoms with van der Waals surface area (Å²) >= 11 is 0. The van der Waals surface area contributed by atoms with Crippen molar-refractivity contribution in [2.45, 2.75) is 27.2 Å². The third kappa shape index (κ3) is 6.77. The zero-order valence-corrected chi connectivity index (χ0v) is 12.2. The molecule has 0 bridgehead atoms. The maximum Gasteiger partial charge on any atom is 0.227 e. The molecule has 106 valence electrons. The summed E-state index contributed by atoms with van der Waals surface area (Å²) in [6.45, 7) is 12.1. The van der Waals surface area contributed by atoms with Gasteiger partial charge in [-0.25, -0.2) is 0 Å². The third-order valence-corrected chi connectivity index (χ3v) is 2.72. The molecule has 2 N–H and O–H groups in total. The Labute approximate surface area is 111 Å². The van der Waals surface area contributed by atoms with Gasteiger partial charge in [-0.05, 0) is 11.8 Å². The fourth-order valence-electron chi connectivity index (χ4n) is 1.92. The minimum Gasteiger partial charge on any atom is -0.383 e. The molecule has 1 atom stereocenters. The lowest BCUT2D eigenvalue weighted by Crippen LogP contribution is -2.42. The largest absolute Gasteiger partial charge is 0.383 e. The van der Waals surface area contributed by atoms with E-state index in [0.29, 0.717) is 26.2 Å². The van der Waals surface area contributed by atoms with Crippen molar-refractivity contribution >= 4 is 5.91 Å². The van der Waals surface area contributed by atoms with Crippen LogP contribution in [0.1, 0.15) is 27.2 Å². The maximum atomic E-state index is 12.4. The minimum atomic E-state index is -0.123. The standard InChI is InChI=1S/C14H28N2O2/c1-6-7-16(8-9-18-5)13(17)12(11-15)10-14(2,3)4/h6,12H,1,7-11,15H2,2-5H3. The van der Waals surface area contributed by atoms with Gasteiger partial charge >= 0.3 is 0 Å². The van der Waals surface area contributed by atoms with E-state index in [0.717, 1.165) is 6.42 Å². The number of ether oxygens (including phenoxy) is 1. The molecule has 4 nitrogen and oxygen atoms in total. The molecule has 0 saturated carbocycles. The van der Waals surface area contributed by atoms with Gasteiger partial charge in [-0.3, -0.25) is 4.79 Å². The summed E-state index contributed by atoms with van der Waals surface area (Å²) < 4.78 is 5.02. The number of nitrogens with zero attached hydrogens (tertiary/aromatic N) is 1. The highest BCUT2D eigenvalue weighted by Crippen LogP contribution is 2.25. The highest BCUT2D eigenvalue weighted by atomic mass is 16.5. The molecule has 4 heteroatoms. The van der Waals surface area contributed by atoms with Crippen LogP contribution in [-0.2, 0) is 9.53 Å². The second-order valence-electron chi connectivity index (χ2n) is 5.76. The first kappa shape index (κ1) is 17.1. The van der Waals surface area contributed by atoms with Crippen molar-refractivity contribution in [3.63, 3.8) is 0 Å². The van der Waals surface area contributed by atoms with Crippen LogP contribution >= 0.6 is 0 Å². The van der Waals surface area contributed by atoms with Gasteiger partial charge in [0.2, 0.25) is 5.91 Å².